The molecular formula is C22H26N4O. The van der Waals surface area contributed by atoms with Gasteiger partial charge in [0.2, 0.25) is 0 Å². The number of benzene rings is 2. The topological polar surface area (TPSA) is 33.5 Å². The molecule has 1 aliphatic rings. The standard InChI is InChI=1S/C22H26N4O/c1-24-12-14-25(15-13-24)17-18-6-8-20(9-7-18)26-22(10-11-23-26)19-4-3-5-21(16-19)27-2/h3-11,16H,12-15,17H2,1-2H3. The monoisotopic (exact) mass is 362 g/mol. The van der Waals surface area contributed by atoms with E-state index in [1.807, 2.05) is 35.1 Å². The zero-order valence-corrected chi connectivity index (χ0v) is 16.0. The van der Waals surface area contributed by atoms with Crippen LogP contribution >= 0.6 is 0 Å². The summed E-state index contributed by atoms with van der Waals surface area (Å²) in [5, 5.41) is 4.53. The molecule has 0 radical (unpaired) electrons. The van der Waals surface area contributed by atoms with Crippen LogP contribution in [0.3, 0.4) is 0 Å². The Bertz CT molecular complexity index is 879. The maximum Gasteiger partial charge on any atom is 0.119 e. The molecule has 1 aromatic heterocycles. The van der Waals surface area contributed by atoms with Crippen molar-refractivity contribution in [3.8, 4) is 22.7 Å². The van der Waals surface area contributed by atoms with Crippen LogP contribution in [0.15, 0.2) is 60.8 Å². The average Bonchev–Trinajstić information content (AvgIpc) is 3.20. The van der Waals surface area contributed by atoms with E-state index in [4.69, 9.17) is 4.74 Å². The number of piperazine rings is 1. The van der Waals surface area contributed by atoms with E-state index in [9.17, 15) is 0 Å². The van der Waals surface area contributed by atoms with E-state index in [-0.39, 0.29) is 0 Å². The molecule has 4 rings (SSSR count). The summed E-state index contributed by atoms with van der Waals surface area (Å²) < 4.78 is 7.34. The highest BCUT2D eigenvalue weighted by molar-refractivity contribution is 5.63. The van der Waals surface area contributed by atoms with Crippen molar-refractivity contribution in [1.82, 2.24) is 19.6 Å². The highest BCUT2D eigenvalue weighted by Gasteiger charge is 2.14. The molecule has 0 unspecified atom stereocenters. The molecule has 0 aliphatic carbocycles. The summed E-state index contributed by atoms with van der Waals surface area (Å²) in [4.78, 5) is 4.90. The molecule has 2 aromatic carbocycles. The summed E-state index contributed by atoms with van der Waals surface area (Å²) in [6, 6.07) is 18.8. The molecule has 0 bridgehead atoms. The molecule has 5 nitrogen and oxygen atoms in total. The van der Waals surface area contributed by atoms with Crippen LogP contribution in [0.2, 0.25) is 0 Å². The van der Waals surface area contributed by atoms with E-state index in [1.165, 1.54) is 5.56 Å². The summed E-state index contributed by atoms with van der Waals surface area (Å²) in [5.74, 6) is 0.850. The second-order valence-electron chi connectivity index (χ2n) is 7.11. The number of rotatable bonds is 5. The zero-order chi connectivity index (χ0) is 18.6. The zero-order valence-electron chi connectivity index (χ0n) is 16.0. The Balaban J connectivity index is 1.52. The third kappa shape index (κ3) is 4.04. The van der Waals surface area contributed by atoms with Gasteiger partial charge in [0.15, 0.2) is 0 Å². The Morgan fingerprint density at radius 3 is 2.48 bits per heavy atom. The highest BCUT2D eigenvalue weighted by atomic mass is 16.5. The van der Waals surface area contributed by atoms with Gasteiger partial charge >= 0.3 is 0 Å². The number of likely N-dealkylation sites (N-methyl/N-ethyl adjacent to an activating group) is 1. The van der Waals surface area contributed by atoms with Gasteiger partial charge in [0, 0.05) is 38.3 Å². The molecule has 0 spiro atoms. The van der Waals surface area contributed by atoms with E-state index >= 15 is 0 Å². The summed E-state index contributed by atoms with van der Waals surface area (Å²) in [7, 11) is 3.88. The van der Waals surface area contributed by atoms with Crippen molar-refractivity contribution in [2.45, 2.75) is 6.54 Å². The normalized spacial score (nSPS) is 15.8. The highest BCUT2D eigenvalue weighted by Crippen LogP contribution is 2.26. The average molecular weight is 362 g/mol. The van der Waals surface area contributed by atoms with Crippen LogP contribution in [-0.2, 0) is 6.54 Å². The molecule has 1 saturated heterocycles. The van der Waals surface area contributed by atoms with Crippen LogP contribution < -0.4 is 4.74 Å². The largest absolute Gasteiger partial charge is 0.497 e. The fourth-order valence-corrected chi connectivity index (χ4v) is 3.52. The van der Waals surface area contributed by atoms with Gasteiger partial charge in [-0.25, -0.2) is 4.68 Å². The minimum atomic E-state index is 0.850. The predicted octanol–water partition coefficient (Wildman–Crippen LogP) is 3.30. The molecule has 0 saturated carbocycles. The SMILES string of the molecule is COc1cccc(-c2ccnn2-c2ccc(CN3CCN(C)CC3)cc2)c1. The molecule has 140 valence electrons. The molecule has 3 aromatic rings. The van der Waals surface area contributed by atoms with Crippen molar-refractivity contribution in [3.63, 3.8) is 0 Å². The first kappa shape index (κ1) is 17.8. The molecule has 0 atom stereocenters. The minimum Gasteiger partial charge on any atom is -0.497 e. The number of ether oxygens (including phenoxy) is 1. The first-order chi connectivity index (χ1) is 13.2. The molecule has 2 heterocycles. The van der Waals surface area contributed by atoms with Crippen LogP contribution in [0.4, 0.5) is 0 Å². The van der Waals surface area contributed by atoms with Gasteiger partial charge in [0.1, 0.15) is 5.75 Å². The lowest BCUT2D eigenvalue weighted by atomic mass is 10.1. The Labute approximate surface area is 160 Å². The van der Waals surface area contributed by atoms with Crippen LogP contribution in [0.1, 0.15) is 5.56 Å². The van der Waals surface area contributed by atoms with E-state index < -0.39 is 0 Å². The Morgan fingerprint density at radius 2 is 1.74 bits per heavy atom. The molecule has 0 amide bonds. The van der Waals surface area contributed by atoms with E-state index in [2.05, 4.69) is 52.3 Å². The van der Waals surface area contributed by atoms with Crippen molar-refractivity contribution in [1.29, 1.82) is 0 Å². The fourth-order valence-electron chi connectivity index (χ4n) is 3.52. The maximum absolute atomic E-state index is 5.36. The molecule has 5 heteroatoms. The summed E-state index contributed by atoms with van der Waals surface area (Å²) in [5.41, 5.74) is 4.56. The third-order valence-electron chi connectivity index (χ3n) is 5.19. The van der Waals surface area contributed by atoms with E-state index in [0.29, 0.717) is 0 Å². The van der Waals surface area contributed by atoms with Gasteiger partial charge in [0.05, 0.1) is 24.7 Å². The second kappa shape index (κ2) is 7.94. The van der Waals surface area contributed by atoms with Crippen molar-refractivity contribution >= 4 is 0 Å². The number of hydrogen-bond acceptors (Lipinski definition) is 4. The Hall–Kier alpha value is -2.63. The lowest BCUT2D eigenvalue weighted by molar-refractivity contribution is 0.148. The summed E-state index contributed by atoms with van der Waals surface area (Å²) in [6.45, 7) is 5.58. The van der Waals surface area contributed by atoms with Gasteiger partial charge in [-0.1, -0.05) is 24.3 Å². The van der Waals surface area contributed by atoms with E-state index in [1.54, 1.807) is 7.11 Å². The van der Waals surface area contributed by atoms with Crippen molar-refractivity contribution in [2.24, 2.45) is 0 Å². The van der Waals surface area contributed by atoms with Gasteiger partial charge in [-0.15, -0.1) is 0 Å². The molecule has 27 heavy (non-hydrogen) atoms. The van der Waals surface area contributed by atoms with Gasteiger partial charge in [-0.05, 0) is 42.9 Å². The number of hydrogen-bond donors (Lipinski definition) is 0. The summed E-state index contributed by atoms with van der Waals surface area (Å²) in [6.07, 6.45) is 1.84. The lowest BCUT2D eigenvalue weighted by Gasteiger charge is -2.32. The van der Waals surface area contributed by atoms with Crippen molar-refractivity contribution < 1.29 is 4.74 Å². The quantitative estimate of drug-likeness (QED) is 0.697. The number of nitrogens with zero attached hydrogens (tertiary/aromatic N) is 4. The smallest absolute Gasteiger partial charge is 0.119 e. The van der Waals surface area contributed by atoms with Gasteiger partial charge in [-0.3, -0.25) is 4.90 Å². The van der Waals surface area contributed by atoms with Crippen LogP contribution in [0.5, 0.6) is 5.75 Å². The second-order valence-corrected chi connectivity index (χ2v) is 7.11. The van der Waals surface area contributed by atoms with Gasteiger partial charge < -0.3 is 9.64 Å². The third-order valence-corrected chi connectivity index (χ3v) is 5.19. The molecular weight excluding hydrogens is 336 g/mol. The first-order valence-electron chi connectivity index (χ1n) is 9.41. The molecule has 1 fully saturated rings. The van der Waals surface area contributed by atoms with Crippen LogP contribution in [-0.4, -0.2) is 59.9 Å². The Kier molecular flexibility index (Phi) is 5.23. The predicted molar refractivity (Wildman–Crippen MR) is 108 cm³/mol. The fraction of sp³-hybridized carbons (Fsp3) is 0.318. The lowest BCUT2D eigenvalue weighted by Crippen LogP contribution is -2.43. The van der Waals surface area contributed by atoms with Crippen molar-refractivity contribution in [2.75, 3.05) is 40.3 Å². The van der Waals surface area contributed by atoms with Gasteiger partial charge in [-0.2, -0.15) is 5.10 Å². The van der Waals surface area contributed by atoms with Crippen LogP contribution in [0, 0.1) is 0 Å². The number of methoxy groups -OCH3 is 1. The van der Waals surface area contributed by atoms with Crippen LogP contribution in [0.25, 0.3) is 16.9 Å². The minimum absolute atomic E-state index is 0.850. The maximum atomic E-state index is 5.36. The number of aromatic nitrogens is 2. The van der Waals surface area contributed by atoms with E-state index in [0.717, 1.165) is 55.4 Å². The molecule has 1 aliphatic heterocycles. The van der Waals surface area contributed by atoms with Gasteiger partial charge in [0.25, 0.3) is 0 Å². The summed E-state index contributed by atoms with van der Waals surface area (Å²) >= 11 is 0. The first-order valence-corrected chi connectivity index (χ1v) is 9.41. The molecule has 0 N–H and O–H groups in total. The van der Waals surface area contributed by atoms with Crippen molar-refractivity contribution in [3.05, 3.63) is 66.4 Å². The Morgan fingerprint density at radius 1 is 0.963 bits per heavy atom.